The first kappa shape index (κ1) is 13.5. The number of rotatable bonds is 5. The molecular weight excluding hydrogens is 264 g/mol. The highest BCUT2D eigenvalue weighted by molar-refractivity contribution is 5.79. The molecule has 0 saturated carbocycles. The fourth-order valence-corrected chi connectivity index (χ4v) is 2.46. The molecule has 108 valence electrons. The average molecular weight is 282 g/mol. The number of aryl methyl sites for hydroxylation is 2. The molecule has 0 aliphatic carbocycles. The van der Waals surface area contributed by atoms with Crippen LogP contribution in [0.1, 0.15) is 17.5 Å². The fraction of sp³-hybridized carbons (Fsp3) is 0.235. The van der Waals surface area contributed by atoms with Crippen LogP contribution in [-0.2, 0) is 6.42 Å². The van der Waals surface area contributed by atoms with Crippen molar-refractivity contribution in [3.8, 4) is 0 Å². The summed E-state index contributed by atoms with van der Waals surface area (Å²) in [5.41, 5.74) is 4.80. The lowest BCUT2D eigenvalue weighted by molar-refractivity contribution is 0.555. The Balaban J connectivity index is 1.62. The molecule has 2 N–H and O–H groups in total. The molecule has 0 saturated heterocycles. The minimum Gasteiger partial charge on any atom is -0.408 e. The van der Waals surface area contributed by atoms with Crippen LogP contribution in [0.2, 0.25) is 0 Å². The standard InChI is InChI=1S/C17H18N2O2/c1-12-10-15-16(21-17(20)19-15)11-14(12)18-9-5-8-13-6-3-2-4-7-13/h2-4,6-7,10-11,18H,5,8-9H2,1H3,(H,19,20). The van der Waals surface area contributed by atoms with Crippen molar-refractivity contribution < 1.29 is 4.42 Å². The number of benzene rings is 2. The maximum Gasteiger partial charge on any atom is 0.417 e. The highest BCUT2D eigenvalue weighted by atomic mass is 16.4. The molecule has 21 heavy (non-hydrogen) atoms. The van der Waals surface area contributed by atoms with Crippen LogP contribution in [0.25, 0.3) is 11.1 Å². The van der Waals surface area contributed by atoms with Crippen molar-refractivity contribution in [3.63, 3.8) is 0 Å². The van der Waals surface area contributed by atoms with Gasteiger partial charge in [-0.2, -0.15) is 0 Å². The summed E-state index contributed by atoms with van der Waals surface area (Å²) in [7, 11) is 0. The molecule has 4 nitrogen and oxygen atoms in total. The van der Waals surface area contributed by atoms with Crippen LogP contribution in [0.15, 0.2) is 51.7 Å². The third-order valence-electron chi connectivity index (χ3n) is 3.57. The van der Waals surface area contributed by atoms with E-state index in [2.05, 4.69) is 34.6 Å². The molecule has 0 aliphatic rings. The molecule has 3 rings (SSSR count). The van der Waals surface area contributed by atoms with E-state index in [1.807, 2.05) is 25.1 Å². The third kappa shape index (κ3) is 3.16. The van der Waals surface area contributed by atoms with Gasteiger partial charge >= 0.3 is 5.76 Å². The monoisotopic (exact) mass is 282 g/mol. The van der Waals surface area contributed by atoms with E-state index >= 15 is 0 Å². The number of aromatic amines is 1. The Bertz CT molecular complexity index is 787. The summed E-state index contributed by atoms with van der Waals surface area (Å²) >= 11 is 0. The smallest absolute Gasteiger partial charge is 0.408 e. The SMILES string of the molecule is Cc1cc2[nH]c(=O)oc2cc1NCCCc1ccccc1. The Morgan fingerprint density at radius 1 is 1.19 bits per heavy atom. The zero-order valence-corrected chi connectivity index (χ0v) is 12.0. The summed E-state index contributed by atoms with van der Waals surface area (Å²) < 4.78 is 5.09. The molecule has 0 spiro atoms. The van der Waals surface area contributed by atoms with Gasteiger partial charge in [0.05, 0.1) is 5.52 Å². The lowest BCUT2D eigenvalue weighted by atomic mass is 10.1. The van der Waals surface area contributed by atoms with Crippen LogP contribution in [-0.4, -0.2) is 11.5 Å². The second kappa shape index (κ2) is 5.87. The molecule has 0 fully saturated rings. The largest absolute Gasteiger partial charge is 0.417 e. The number of oxazole rings is 1. The number of aromatic nitrogens is 1. The van der Waals surface area contributed by atoms with E-state index in [-0.39, 0.29) is 0 Å². The number of anilines is 1. The van der Waals surface area contributed by atoms with Crippen LogP contribution >= 0.6 is 0 Å². The van der Waals surface area contributed by atoms with Gasteiger partial charge in [-0.15, -0.1) is 0 Å². The highest BCUT2D eigenvalue weighted by Crippen LogP contribution is 2.21. The molecule has 0 radical (unpaired) electrons. The zero-order valence-electron chi connectivity index (χ0n) is 12.0. The maximum atomic E-state index is 11.2. The summed E-state index contributed by atoms with van der Waals surface area (Å²) in [6, 6.07) is 14.3. The van der Waals surface area contributed by atoms with Gasteiger partial charge in [-0.05, 0) is 37.0 Å². The normalized spacial score (nSPS) is 10.9. The second-order valence-electron chi connectivity index (χ2n) is 5.19. The summed E-state index contributed by atoms with van der Waals surface area (Å²) in [5.74, 6) is -0.411. The van der Waals surface area contributed by atoms with Crippen LogP contribution in [0, 0.1) is 6.92 Å². The predicted octanol–water partition coefficient (Wildman–Crippen LogP) is 3.47. The second-order valence-corrected chi connectivity index (χ2v) is 5.19. The van der Waals surface area contributed by atoms with Gasteiger partial charge in [-0.25, -0.2) is 4.79 Å². The molecule has 4 heteroatoms. The molecule has 2 aromatic carbocycles. The minimum atomic E-state index is -0.411. The number of nitrogens with one attached hydrogen (secondary N) is 2. The van der Waals surface area contributed by atoms with Crippen LogP contribution in [0.4, 0.5) is 5.69 Å². The Morgan fingerprint density at radius 3 is 2.81 bits per heavy atom. The minimum absolute atomic E-state index is 0.411. The van der Waals surface area contributed by atoms with E-state index < -0.39 is 5.76 Å². The maximum absolute atomic E-state index is 11.2. The van der Waals surface area contributed by atoms with Gasteiger partial charge in [0.1, 0.15) is 0 Å². The van der Waals surface area contributed by atoms with E-state index in [0.717, 1.165) is 36.2 Å². The van der Waals surface area contributed by atoms with Crippen molar-refractivity contribution in [2.45, 2.75) is 19.8 Å². The predicted molar refractivity (Wildman–Crippen MR) is 84.8 cm³/mol. The quantitative estimate of drug-likeness (QED) is 0.704. The van der Waals surface area contributed by atoms with E-state index in [4.69, 9.17) is 4.42 Å². The fourth-order valence-electron chi connectivity index (χ4n) is 2.46. The molecule has 3 aromatic rings. The number of hydrogen-bond acceptors (Lipinski definition) is 3. The van der Waals surface area contributed by atoms with E-state index in [0.29, 0.717) is 5.58 Å². The molecule has 0 atom stereocenters. The first-order valence-electron chi connectivity index (χ1n) is 7.13. The summed E-state index contributed by atoms with van der Waals surface area (Å²) in [6.07, 6.45) is 2.10. The van der Waals surface area contributed by atoms with Gasteiger partial charge in [-0.1, -0.05) is 30.3 Å². The van der Waals surface area contributed by atoms with Crippen molar-refractivity contribution in [2.24, 2.45) is 0 Å². The van der Waals surface area contributed by atoms with Crippen molar-refractivity contribution in [1.82, 2.24) is 4.98 Å². The zero-order chi connectivity index (χ0) is 14.7. The van der Waals surface area contributed by atoms with E-state index in [1.54, 1.807) is 0 Å². The van der Waals surface area contributed by atoms with Crippen molar-refractivity contribution in [3.05, 3.63) is 64.1 Å². The molecule has 1 heterocycles. The number of fused-ring (bicyclic) bond motifs is 1. The van der Waals surface area contributed by atoms with Gasteiger partial charge in [0.2, 0.25) is 0 Å². The van der Waals surface area contributed by atoms with Gasteiger partial charge < -0.3 is 9.73 Å². The molecule has 0 bridgehead atoms. The first-order chi connectivity index (χ1) is 10.2. The van der Waals surface area contributed by atoms with Crippen LogP contribution < -0.4 is 11.1 Å². The number of hydrogen-bond donors (Lipinski definition) is 2. The van der Waals surface area contributed by atoms with Crippen molar-refractivity contribution >= 4 is 16.8 Å². The average Bonchev–Trinajstić information content (AvgIpc) is 2.83. The van der Waals surface area contributed by atoms with Gasteiger partial charge in [0.25, 0.3) is 0 Å². The summed E-state index contributed by atoms with van der Waals surface area (Å²) in [5, 5.41) is 3.41. The van der Waals surface area contributed by atoms with Crippen LogP contribution in [0.3, 0.4) is 0 Å². The lowest BCUT2D eigenvalue weighted by Gasteiger charge is -2.09. The van der Waals surface area contributed by atoms with E-state index in [1.165, 1.54) is 5.56 Å². The molecular formula is C17H18N2O2. The lowest BCUT2D eigenvalue weighted by Crippen LogP contribution is -2.04. The van der Waals surface area contributed by atoms with Gasteiger partial charge in [0.15, 0.2) is 5.58 Å². The molecule has 0 amide bonds. The Hall–Kier alpha value is -2.49. The van der Waals surface area contributed by atoms with Gasteiger partial charge in [-0.3, -0.25) is 4.98 Å². The summed E-state index contributed by atoms with van der Waals surface area (Å²) in [6.45, 7) is 2.90. The summed E-state index contributed by atoms with van der Waals surface area (Å²) in [4.78, 5) is 13.9. The Kier molecular flexibility index (Phi) is 3.77. The Labute approximate surface area is 122 Å². The van der Waals surface area contributed by atoms with Gasteiger partial charge in [0, 0.05) is 18.3 Å². The first-order valence-corrected chi connectivity index (χ1v) is 7.13. The molecule has 0 unspecified atom stereocenters. The topological polar surface area (TPSA) is 58.0 Å². The molecule has 1 aromatic heterocycles. The Morgan fingerprint density at radius 2 is 2.00 bits per heavy atom. The molecule has 0 aliphatic heterocycles. The van der Waals surface area contributed by atoms with Crippen LogP contribution in [0.5, 0.6) is 0 Å². The van der Waals surface area contributed by atoms with Crippen molar-refractivity contribution in [2.75, 3.05) is 11.9 Å². The highest BCUT2D eigenvalue weighted by Gasteiger charge is 2.05. The third-order valence-corrected chi connectivity index (χ3v) is 3.57. The van der Waals surface area contributed by atoms with E-state index in [9.17, 15) is 4.79 Å². The van der Waals surface area contributed by atoms with Crippen molar-refractivity contribution in [1.29, 1.82) is 0 Å². The number of H-pyrrole nitrogens is 1.